The number of Topliss-reactive ketones (excluding diaryl/α,β-unsaturated/α-hetero) is 1. The Balaban J connectivity index is 1.82. The van der Waals surface area contributed by atoms with E-state index in [1.807, 2.05) is 0 Å². The monoisotopic (exact) mass is 478 g/mol. The van der Waals surface area contributed by atoms with Crippen LogP contribution >= 0.6 is 15.9 Å². The maximum atomic E-state index is 12.6. The van der Waals surface area contributed by atoms with Crippen molar-refractivity contribution in [2.45, 2.75) is 31.4 Å². The van der Waals surface area contributed by atoms with Gasteiger partial charge in [0.1, 0.15) is 18.1 Å². The second-order valence-electron chi connectivity index (χ2n) is 6.12. The first-order valence-electron chi connectivity index (χ1n) is 8.15. The van der Waals surface area contributed by atoms with Gasteiger partial charge < -0.3 is 8.92 Å². The fraction of sp³-hybridized carbons (Fsp3) is 0.278. The highest BCUT2D eigenvalue weighted by Crippen LogP contribution is 2.32. The van der Waals surface area contributed by atoms with Crippen LogP contribution in [0.4, 0.5) is 13.2 Å². The first-order chi connectivity index (χ1) is 13.1. The fourth-order valence-electron chi connectivity index (χ4n) is 2.77. The van der Waals surface area contributed by atoms with E-state index < -0.39 is 21.4 Å². The molecule has 150 valence electrons. The van der Waals surface area contributed by atoms with E-state index >= 15 is 0 Å². The Morgan fingerprint density at radius 1 is 1.07 bits per heavy atom. The minimum absolute atomic E-state index is 0.00875. The smallest absolute Gasteiger partial charge is 0.489 e. The number of carbonyl (C=O) groups is 1. The van der Waals surface area contributed by atoms with Crippen LogP contribution < -0.4 is 8.92 Å². The zero-order valence-corrected chi connectivity index (χ0v) is 16.7. The van der Waals surface area contributed by atoms with Gasteiger partial charge in [0.2, 0.25) is 0 Å². The summed E-state index contributed by atoms with van der Waals surface area (Å²) in [6.45, 7) is -0.255. The lowest BCUT2D eigenvalue weighted by Crippen LogP contribution is -2.28. The Labute approximate surface area is 167 Å². The van der Waals surface area contributed by atoms with Crippen LogP contribution in [-0.4, -0.2) is 19.7 Å². The summed E-state index contributed by atoms with van der Waals surface area (Å²) in [6.07, 6.45) is 2.04. The van der Waals surface area contributed by atoms with Gasteiger partial charge in [-0.05, 0) is 48.7 Å². The molecule has 0 aromatic heterocycles. The van der Waals surface area contributed by atoms with Crippen molar-refractivity contribution in [2.75, 3.05) is 0 Å². The quantitative estimate of drug-likeness (QED) is 0.457. The predicted octanol–water partition coefficient (Wildman–Crippen LogP) is 4.78. The second-order valence-corrected chi connectivity index (χ2v) is 8.57. The van der Waals surface area contributed by atoms with Crippen molar-refractivity contribution < 1.29 is 35.3 Å². The number of hydrogen-bond acceptors (Lipinski definition) is 5. The van der Waals surface area contributed by atoms with Gasteiger partial charge in [-0.3, -0.25) is 4.79 Å². The van der Waals surface area contributed by atoms with E-state index in [1.54, 1.807) is 18.2 Å². The molecular weight excluding hydrogens is 465 g/mol. The van der Waals surface area contributed by atoms with Gasteiger partial charge in [-0.15, -0.1) is 0 Å². The summed E-state index contributed by atoms with van der Waals surface area (Å²) in [6, 6.07) is 8.86. The van der Waals surface area contributed by atoms with Crippen molar-refractivity contribution in [1.82, 2.24) is 0 Å². The largest absolute Gasteiger partial charge is 0.534 e. The lowest BCUT2D eigenvalue weighted by Gasteiger charge is -2.17. The zero-order chi connectivity index (χ0) is 20.5. The Bertz CT molecular complexity index is 1020. The average Bonchev–Trinajstić information content (AvgIpc) is 2.61. The molecule has 0 amide bonds. The summed E-state index contributed by atoms with van der Waals surface area (Å²) >= 11 is 3.17. The maximum absolute atomic E-state index is 12.6. The van der Waals surface area contributed by atoms with Crippen molar-refractivity contribution >= 4 is 31.8 Å². The summed E-state index contributed by atoms with van der Waals surface area (Å²) in [5.41, 5.74) is -3.97. The van der Waals surface area contributed by atoms with Gasteiger partial charge in [0.25, 0.3) is 0 Å². The topological polar surface area (TPSA) is 69.7 Å². The lowest BCUT2D eigenvalue weighted by atomic mass is 9.90. The molecule has 0 atom stereocenters. The average molecular weight is 479 g/mol. The molecule has 0 fully saturated rings. The van der Waals surface area contributed by atoms with Crippen LogP contribution in [-0.2, 0) is 23.1 Å². The molecule has 1 aliphatic rings. The number of alkyl halides is 3. The molecule has 2 aromatic rings. The van der Waals surface area contributed by atoms with E-state index in [4.69, 9.17) is 4.74 Å². The predicted molar refractivity (Wildman–Crippen MR) is 97.8 cm³/mol. The summed E-state index contributed by atoms with van der Waals surface area (Å²) in [4.78, 5) is 12.0. The van der Waals surface area contributed by atoms with Gasteiger partial charge in [0, 0.05) is 22.0 Å². The molecule has 0 bridgehead atoms. The molecule has 3 rings (SSSR count). The molecular formula is C18H14BrF3O5S. The molecule has 10 heteroatoms. The molecule has 2 aromatic carbocycles. The van der Waals surface area contributed by atoms with Gasteiger partial charge in [0.05, 0.1) is 0 Å². The molecule has 0 N–H and O–H groups in total. The summed E-state index contributed by atoms with van der Waals surface area (Å²) in [5, 5.41) is 0. The summed E-state index contributed by atoms with van der Waals surface area (Å²) in [7, 11) is -5.80. The van der Waals surface area contributed by atoms with Gasteiger partial charge >= 0.3 is 15.6 Å². The van der Waals surface area contributed by atoms with Gasteiger partial charge in [-0.1, -0.05) is 22.0 Å². The Morgan fingerprint density at radius 2 is 1.82 bits per heavy atom. The zero-order valence-electron chi connectivity index (χ0n) is 14.3. The number of benzene rings is 2. The Morgan fingerprint density at radius 3 is 2.54 bits per heavy atom. The van der Waals surface area contributed by atoms with Crippen LogP contribution in [0.5, 0.6) is 11.5 Å². The van der Waals surface area contributed by atoms with Crippen molar-refractivity contribution in [3.8, 4) is 11.5 Å². The highest BCUT2D eigenvalue weighted by molar-refractivity contribution is 9.10. The molecule has 0 aliphatic heterocycles. The van der Waals surface area contributed by atoms with Crippen LogP contribution in [0.15, 0.2) is 40.9 Å². The SMILES string of the molecule is O=C1CCCc2ccc(OCc3cc(Br)ccc3OS(=O)(=O)C(F)(F)F)cc21. The number of carbonyl (C=O) groups excluding carboxylic acids is 1. The molecule has 0 saturated heterocycles. The first kappa shape index (κ1) is 20.7. The van der Waals surface area contributed by atoms with E-state index in [-0.39, 0.29) is 18.0 Å². The summed E-state index contributed by atoms with van der Waals surface area (Å²) < 4.78 is 70.7. The van der Waals surface area contributed by atoms with E-state index in [0.717, 1.165) is 24.5 Å². The number of ketones is 1. The highest BCUT2D eigenvalue weighted by Gasteiger charge is 2.48. The van der Waals surface area contributed by atoms with Gasteiger partial charge in [0.15, 0.2) is 5.78 Å². The minimum Gasteiger partial charge on any atom is -0.489 e. The third kappa shape index (κ3) is 4.49. The number of halogens is 4. The van der Waals surface area contributed by atoms with Crippen LogP contribution in [0.1, 0.15) is 34.3 Å². The van der Waals surface area contributed by atoms with Gasteiger partial charge in [-0.25, -0.2) is 0 Å². The molecule has 5 nitrogen and oxygen atoms in total. The van der Waals surface area contributed by atoms with Crippen molar-refractivity contribution in [2.24, 2.45) is 0 Å². The normalized spacial score (nSPS) is 14.5. The number of rotatable bonds is 5. The number of hydrogen-bond donors (Lipinski definition) is 0. The molecule has 0 radical (unpaired) electrons. The molecule has 0 heterocycles. The van der Waals surface area contributed by atoms with Crippen LogP contribution in [0.25, 0.3) is 0 Å². The van der Waals surface area contributed by atoms with Gasteiger partial charge in [-0.2, -0.15) is 21.6 Å². The van der Waals surface area contributed by atoms with E-state index in [1.165, 1.54) is 12.1 Å². The highest BCUT2D eigenvalue weighted by atomic mass is 79.9. The van der Waals surface area contributed by atoms with E-state index in [0.29, 0.717) is 22.2 Å². The van der Waals surface area contributed by atoms with Crippen molar-refractivity contribution in [1.29, 1.82) is 0 Å². The van der Waals surface area contributed by atoms with Crippen molar-refractivity contribution in [3.05, 3.63) is 57.6 Å². The standard InChI is InChI=1S/C18H14BrF3O5S/c19-13-5-7-17(27-28(24,25)18(20,21)22)12(8-13)10-26-14-6-4-11-2-1-3-16(23)15(11)9-14/h4-9H,1-3,10H2. The van der Waals surface area contributed by atoms with E-state index in [2.05, 4.69) is 20.1 Å². The molecule has 0 spiro atoms. The van der Waals surface area contributed by atoms with Crippen LogP contribution in [0.2, 0.25) is 0 Å². The van der Waals surface area contributed by atoms with Crippen LogP contribution in [0.3, 0.4) is 0 Å². The molecule has 0 unspecified atom stereocenters. The molecule has 1 aliphatic carbocycles. The minimum atomic E-state index is -5.80. The van der Waals surface area contributed by atoms with Crippen molar-refractivity contribution in [3.63, 3.8) is 0 Å². The van der Waals surface area contributed by atoms with Crippen LogP contribution in [0, 0.1) is 0 Å². The first-order valence-corrected chi connectivity index (χ1v) is 10.3. The fourth-order valence-corrected chi connectivity index (χ4v) is 3.67. The molecule has 28 heavy (non-hydrogen) atoms. The molecule has 0 saturated carbocycles. The third-order valence-corrected chi connectivity index (χ3v) is 5.59. The third-order valence-electron chi connectivity index (χ3n) is 4.13. The maximum Gasteiger partial charge on any atom is 0.534 e. The number of aryl methyl sites for hydroxylation is 1. The lowest BCUT2D eigenvalue weighted by molar-refractivity contribution is -0.0500. The number of ether oxygens (including phenoxy) is 1. The second kappa shape index (κ2) is 7.75. The van der Waals surface area contributed by atoms with E-state index in [9.17, 15) is 26.4 Å². The summed E-state index contributed by atoms with van der Waals surface area (Å²) in [5.74, 6) is -0.136. The number of fused-ring (bicyclic) bond motifs is 1. The Hall–Kier alpha value is -2.07. The Kier molecular flexibility index (Phi) is 5.72.